The molecule has 0 radical (unpaired) electrons. The van der Waals surface area contributed by atoms with Crippen LogP contribution in [0.25, 0.3) is 0 Å². The van der Waals surface area contributed by atoms with Crippen LogP contribution in [0, 0.1) is 5.41 Å². The first-order valence-electron chi connectivity index (χ1n) is 5.09. The van der Waals surface area contributed by atoms with Crippen LogP contribution in [0.2, 0.25) is 0 Å². The van der Waals surface area contributed by atoms with E-state index in [1.54, 1.807) is 0 Å². The van der Waals surface area contributed by atoms with Crippen molar-refractivity contribution in [2.45, 2.75) is 38.4 Å². The van der Waals surface area contributed by atoms with Crippen molar-refractivity contribution in [3.05, 3.63) is 0 Å². The Labute approximate surface area is 91.4 Å². The number of hydrogen-bond acceptors (Lipinski definition) is 3. The highest BCUT2D eigenvalue weighted by molar-refractivity contribution is 7.93. The van der Waals surface area contributed by atoms with E-state index >= 15 is 0 Å². The minimum atomic E-state index is -3.38. The summed E-state index contributed by atoms with van der Waals surface area (Å²) < 4.78 is 22.8. The molecule has 0 saturated heterocycles. The summed E-state index contributed by atoms with van der Waals surface area (Å²) in [5.41, 5.74) is -0.0931. The number of nitrogens with one attached hydrogen (secondary N) is 1. The van der Waals surface area contributed by atoms with Crippen LogP contribution in [0.1, 0.15) is 33.6 Å². The first kappa shape index (κ1) is 12.5. The highest BCUT2D eigenvalue weighted by atomic mass is 32.2. The summed E-state index contributed by atoms with van der Waals surface area (Å²) in [6.45, 7) is 4.88. The lowest BCUT2D eigenvalue weighted by atomic mass is 10.2. The van der Waals surface area contributed by atoms with Gasteiger partial charge >= 0.3 is 0 Å². The number of sulfone groups is 1. The maximum Gasteiger partial charge on any atom is 0.240 e. The predicted molar refractivity (Wildman–Crippen MR) is 59.3 cm³/mol. The van der Waals surface area contributed by atoms with Crippen molar-refractivity contribution < 1.29 is 13.2 Å². The molecule has 0 aromatic carbocycles. The molecule has 5 heteroatoms. The van der Waals surface area contributed by atoms with E-state index in [2.05, 4.69) is 5.32 Å². The molecular weight excluding hydrogens is 214 g/mol. The van der Waals surface area contributed by atoms with Gasteiger partial charge in [-0.2, -0.15) is 0 Å². The van der Waals surface area contributed by atoms with Gasteiger partial charge in [0.2, 0.25) is 5.91 Å². The van der Waals surface area contributed by atoms with Gasteiger partial charge in [-0.3, -0.25) is 4.79 Å². The second-order valence-corrected chi connectivity index (χ2v) is 7.70. The van der Waals surface area contributed by atoms with Crippen molar-refractivity contribution in [3.63, 3.8) is 0 Å². The normalized spacial score (nSPS) is 19.7. The Hall–Kier alpha value is -0.580. The summed E-state index contributed by atoms with van der Waals surface area (Å²) in [6, 6.07) is 0. The van der Waals surface area contributed by atoms with Crippen molar-refractivity contribution in [2.24, 2.45) is 5.41 Å². The molecule has 0 bridgehead atoms. The number of carbonyl (C=O) groups is 1. The molecule has 1 aliphatic carbocycles. The van der Waals surface area contributed by atoms with E-state index in [9.17, 15) is 13.2 Å². The molecule has 1 fully saturated rings. The lowest BCUT2D eigenvalue weighted by Crippen LogP contribution is -2.48. The van der Waals surface area contributed by atoms with Crippen molar-refractivity contribution in [1.82, 2.24) is 5.32 Å². The van der Waals surface area contributed by atoms with Gasteiger partial charge in [0.05, 0.1) is 5.75 Å². The topological polar surface area (TPSA) is 63.2 Å². The molecule has 15 heavy (non-hydrogen) atoms. The summed E-state index contributed by atoms with van der Waals surface area (Å²) in [7, 11) is -1.92. The zero-order chi connectivity index (χ0) is 11.9. The lowest BCUT2D eigenvalue weighted by molar-refractivity contribution is -0.122. The summed E-state index contributed by atoms with van der Waals surface area (Å²) in [4.78, 5) is 11.5. The second-order valence-electron chi connectivity index (χ2n) is 5.16. The van der Waals surface area contributed by atoms with Gasteiger partial charge in [0, 0.05) is 7.05 Å². The molecule has 0 heterocycles. The average molecular weight is 233 g/mol. The Balaban J connectivity index is 2.89. The van der Waals surface area contributed by atoms with Gasteiger partial charge in [-0.15, -0.1) is 0 Å². The predicted octanol–water partition coefficient (Wildman–Crippen LogP) is 0.726. The highest BCUT2D eigenvalue weighted by Crippen LogP contribution is 2.47. The third-order valence-corrected chi connectivity index (χ3v) is 6.01. The summed E-state index contributed by atoms with van der Waals surface area (Å²) in [5, 5.41) is 2.40. The Morgan fingerprint density at radius 3 is 2.20 bits per heavy atom. The smallest absolute Gasteiger partial charge is 0.240 e. The standard InChI is InChI=1S/C10H19NO3S/c1-9(2,8(12)11-4)15(13,14)7-10(3)5-6-10/h5-7H2,1-4H3,(H,11,12). The molecule has 0 aliphatic heterocycles. The lowest BCUT2D eigenvalue weighted by Gasteiger charge is -2.24. The number of carbonyl (C=O) groups excluding carboxylic acids is 1. The van der Waals surface area contributed by atoms with Crippen LogP contribution in [0.5, 0.6) is 0 Å². The van der Waals surface area contributed by atoms with E-state index < -0.39 is 20.5 Å². The van der Waals surface area contributed by atoms with Crippen LogP contribution in [0.3, 0.4) is 0 Å². The van der Waals surface area contributed by atoms with Crippen molar-refractivity contribution in [1.29, 1.82) is 0 Å². The minimum absolute atomic E-state index is 0.0931. The average Bonchev–Trinajstić information content (AvgIpc) is 2.80. The maximum atomic E-state index is 12.0. The number of hydrogen-bond donors (Lipinski definition) is 1. The molecule has 0 atom stereocenters. The molecule has 0 unspecified atom stereocenters. The summed E-state index contributed by atoms with van der Waals surface area (Å²) in [6.07, 6.45) is 1.88. The molecule has 1 aliphatic rings. The van der Waals surface area contributed by atoms with Crippen LogP contribution in [-0.4, -0.2) is 31.9 Å². The third-order valence-electron chi connectivity index (χ3n) is 3.19. The van der Waals surface area contributed by atoms with E-state index in [1.165, 1.54) is 20.9 Å². The SMILES string of the molecule is CNC(=O)C(C)(C)S(=O)(=O)CC1(C)CC1. The van der Waals surface area contributed by atoms with Gasteiger partial charge in [0.15, 0.2) is 9.84 Å². The highest BCUT2D eigenvalue weighted by Gasteiger charge is 2.49. The van der Waals surface area contributed by atoms with Gasteiger partial charge in [-0.05, 0) is 32.1 Å². The van der Waals surface area contributed by atoms with Crippen LogP contribution in [0.15, 0.2) is 0 Å². The van der Waals surface area contributed by atoms with Crippen LogP contribution >= 0.6 is 0 Å². The summed E-state index contributed by atoms with van der Waals surface area (Å²) in [5.74, 6) is -0.327. The van der Waals surface area contributed by atoms with E-state index in [-0.39, 0.29) is 11.2 Å². The van der Waals surface area contributed by atoms with Gasteiger partial charge in [-0.25, -0.2) is 8.42 Å². The molecule has 0 aromatic heterocycles. The molecule has 0 aromatic rings. The van der Waals surface area contributed by atoms with Crippen LogP contribution in [0.4, 0.5) is 0 Å². The molecule has 1 saturated carbocycles. The van der Waals surface area contributed by atoms with Gasteiger partial charge in [0.25, 0.3) is 0 Å². The monoisotopic (exact) mass is 233 g/mol. The number of rotatable bonds is 4. The van der Waals surface area contributed by atoms with E-state index in [0.717, 1.165) is 12.8 Å². The largest absolute Gasteiger partial charge is 0.358 e. The third kappa shape index (κ3) is 2.33. The van der Waals surface area contributed by atoms with Crippen molar-refractivity contribution >= 4 is 15.7 Å². The fourth-order valence-electron chi connectivity index (χ4n) is 1.44. The van der Waals surface area contributed by atoms with E-state index in [4.69, 9.17) is 0 Å². The molecular formula is C10H19NO3S. The summed E-state index contributed by atoms with van der Waals surface area (Å²) >= 11 is 0. The van der Waals surface area contributed by atoms with Crippen LogP contribution < -0.4 is 5.32 Å². The molecule has 4 nitrogen and oxygen atoms in total. The second kappa shape index (κ2) is 3.47. The Bertz CT molecular complexity index is 366. The zero-order valence-corrected chi connectivity index (χ0v) is 10.6. The van der Waals surface area contributed by atoms with Gasteiger partial charge < -0.3 is 5.32 Å². The van der Waals surface area contributed by atoms with Gasteiger partial charge in [-0.1, -0.05) is 6.92 Å². The fourth-order valence-corrected chi connectivity index (χ4v) is 3.39. The van der Waals surface area contributed by atoms with Crippen molar-refractivity contribution in [2.75, 3.05) is 12.8 Å². The quantitative estimate of drug-likeness (QED) is 0.778. The molecule has 1 rings (SSSR count). The van der Waals surface area contributed by atoms with Crippen molar-refractivity contribution in [3.8, 4) is 0 Å². The molecule has 1 N–H and O–H groups in total. The fraction of sp³-hybridized carbons (Fsp3) is 0.900. The van der Waals surface area contributed by atoms with E-state index in [0.29, 0.717) is 0 Å². The zero-order valence-electron chi connectivity index (χ0n) is 9.75. The first-order valence-corrected chi connectivity index (χ1v) is 6.74. The Morgan fingerprint density at radius 2 is 1.87 bits per heavy atom. The van der Waals surface area contributed by atoms with Gasteiger partial charge in [0.1, 0.15) is 4.75 Å². The first-order chi connectivity index (χ1) is 6.65. The maximum absolute atomic E-state index is 12.0. The van der Waals surface area contributed by atoms with Crippen LogP contribution in [-0.2, 0) is 14.6 Å². The minimum Gasteiger partial charge on any atom is -0.358 e. The van der Waals surface area contributed by atoms with E-state index in [1.807, 2.05) is 6.92 Å². The molecule has 1 amide bonds. The Kier molecular flexibility index (Phi) is 2.89. The molecule has 88 valence electrons. The number of amides is 1. The molecule has 0 spiro atoms. The Morgan fingerprint density at radius 1 is 1.40 bits per heavy atom.